The Morgan fingerprint density at radius 2 is 2.20 bits per heavy atom. The molecule has 2 aromatic heterocycles. The molecule has 0 spiro atoms. The van der Waals surface area contributed by atoms with Crippen molar-refractivity contribution in [3.05, 3.63) is 59.8 Å². The van der Waals surface area contributed by atoms with E-state index in [2.05, 4.69) is 42.9 Å². The third-order valence-corrected chi connectivity index (χ3v) is 3.41. The Hall–Kier alpha value is -1.87. The zero-order valence-electron chi connectivity index (χ0n) is 12.4. The van der Waals surface area contributed by atoms with Crippen molar-refractivity contribution in [1.29, 1.82) is 0 Å². The van der Waals surface area contributed by atoms with Crippen molar-refractivity contribution >= 4 is 6.08 Å². The van der Waals surface area contributed by atoms with Crippen molar-refractivity contribution in [1.82, 2.24) is 9.88 Å². The third kappa shape index (κ3) is 4.35. The second-order valence-corrected chi connectivity index (χ2v) is 5.30. The summed E-state index contributed by atoms with van der Waals surface area (Å²) in [6, 6.07) is 10.4. The SMILES string of the molecule is C/C(=C\c1ccco1)CN(C)C(C)Cc1ccccn1. The smallest absolute Gasteiger partial charge is 0.126 e. The molecule has 2 rings (SSSR count). The monoisotopic (exact) mass is 270 g/mol. The Balaban J connectivity index is 1.89. The summed E-state index contributed by atoms with van der Waals surface area (Å²) >= 11 is 0. The average Bonchev–Trinajstić information content (AvgIpc) is 2.92. The van der Waals surface area contributed by atoms with E-state index in [9.17, 15) is 0 Å². The topological polar surface area (TPSA) is 29.3 Å². The summed E-state index contributed by atoms with van der Waals surface area (Å²) in [5.74, 6) is 0.910. The normalized spacial score (nSPS) is 13.7. The minimum Gasteiger partial charge on any atom is -0.465 e. The predicted molar refractivity (Wildman–Crippen MR) is 82.4 cm³/mol. The molecule has 0 bridgehead atoms. The van der Waals surface area contributed by atoms with Gasteiger partial charge in [0.2, 0.25) is 0 Å². The molecule has 0 aliphatic carbocycles. The van der Waals surface area contributed by atoms with Gasteiger partial charge in [-0.3, -0.25) is 9.88 Å². The Morgan fingerprint density at radius 3 is 2.85 bits per heavy atom. The summed E-state index contributed by atoms with van der Waals surface area (Å²) in [4.78, 5) is 6.72. The lowest BCUT2D eigenvalue weighted by molar-refractivity contribution is 0.276. The van der Waals surface area contributed by atoms with Crippen LogP contribution < -0.4 is 0 Å². The lowest BCUT2D eigenvalue weighted by Crippen LogP contribution is -2.32. The lowest BCUT2D eigenvalue weighted by Gasteiger charge is -2.24. The van der Waals surface area contributed by atoms with Crippen LogP contribution in [0.3, 0.4) is 0 Å². The fourth-order valence-corrected chi connectivity index (χ4v) is 2.19. The molecule has 0 radical (unpaired) electrons. The summed E-state index contributed by atoms with van der Waals surface area (Å²) < 4.78 is 5.34. The number of nitrogens with zero attached hydrogens (tertiary/aromatic N) is 2. The van der Waals surface area contributed by atoms with Gasteiger partial charge in [-0.1, -0.05) is 11.6 Å². The van der Waals surface area contributed by atoms with E-state index >= 15 is 0 Å². The maximum atomic E-state index is 5.34. The van der Waals surface area contributed by atoms with Crippen LogP contribution in [0, 0.1) is 0 Å². The van der Waals surface area contributed by atoms with Gasteiger partial charge in [-0.15, -0.1) is 0 Å². The van der Waals surface area contributed by atoms with Crippen LogP contribution in [0.5, 0.6) is 0 Å². The fraction of sp³-hybridized carbons (Fsp3) is 0.353. The van der Waals surface area contributed by atoms with Gasteiger partial charge < -0.3 is 4.42 Å². The highest BCUT2D eigenvalue weighted by Gasteiger charge is 2.11. The number of furan rings is 1. The quantitative estimate of drug-likeness (QED) is 0.802. The highest BCUT2D eigenvalue weighted by molar-refractivity contribution is 5.46. The van der Waals surface area contributed by atoms with E-state index in [-0.39, 0.29) is 0 Å². The fourth-order valence-electron chi connectivity index (χ4n) is 2.19. The largest absolute Gasteiger partial charge is 0.465 e. The summed E-state index contributed by atoms with van der Waals surface area (Å²) in [5, 5.41) is 0. The van der Waals surface area contributed by atoms with Crippen LogP contribution in [0.15, 0.2) is 52.8 Å². The minimum atomic E-state index is 0.449. The Bertz CT molecular complexity index is 531. The van der Waals surface area contributed by atoms with Gasteiger partial charge in [0.15, 0.2) is 0 Å². The molecule has 0 aliphatic rings. The molecule has 0 amide bonds. The number of rotatable bonds is 6. The van der Waals surface area contributed by atoms with Gasteiger partial charge in [0.1, 0.15) is 5.76 Å². The summed E-state index contributed by atoms with van der Waals surface area (Å²) in [6.45, 7) is 5.29. The van der Waals surface area contributed by atoms with Gasteiger partial charge in [-0.25, -0.2) is 0 Å². The summed E-state index contributed by atoms with van der Waals surface area (Å²) in [5.41, 5.74) is 2.43. The molecule has 0 saturated heterocycles. The van der Waals surface area contributed by atoms with Crippen molar-refractivity contribution in [2.24, 2.45) is 0 Å². The lowest BCUT2D eigenvalue weighted by atomic mass is 10.1. The first-order valence-electron chi connectivity index (χ1n) is 6.96. The van der Waals surface area contributed by atoms with Gasteiger partial charge in [0, 0.05) is 30.9 Å². The van der Waals surface area contributed by atoms with Crippen LogP contribution in [0.1, 0.15) is 25.3 Å². The van der Waals surface area contributed by atoms with Gasteiger partial charge in [0.25, 0.3) is 0 Å². The van der Waals surface area contributed by atoms with Gasteiger partial charge in [0.05, 0.1) is 6.26 Å². The second-order valence-electron chi connectivity index (χ2n) is 5.30. The maximum absolute atomic E-state index is 5.34. The molecule has 0 saturated carbocycles. The highest BCUT2D eigenvalue weighted by Crippen LogP contribution is 2.11. The molecule has 106 valence electrons. The first-order valence-corrected chi connectivity index (χ1v) is 6.96. The molecule has 1 unspecified atom stereocenters. The zero-order chi connectivity index (χ0) is 14.4. The van der Waals surface area contributed by atoms with E-state index in [1.165, 1.54) is 5.57 Å². The van der Waals surface area contributed by atoms with Gasteiger partial charge in [-0.2, -0.15) is 0 Å². The molecule has 2 heterocycles. The molecule has 0 N–H and O–H groups in total. The van der Waals surface area contributed by atoms with Gasteiger partial charge in [-0.05, 0) is 51.2 Å². The first kappa shape index (κ1) is 14.5. The Morgan fingerprint density at radius 1 is 1.35 bits per heavy atom. The number of hydrogen-bond acceptors (Lipinski definition) is 3. The third-order valence-electron chi connectivity index (χ3n) is 3.41. The molecule has 0 aliphatic heterocycles. The first-order chi connectivity index (χ1) is 9.65. The Kier molecular flexibility index (Phi) is 5.13. The average molecular weight is 270 g/mol. The summed E-state index contributed by atoms with van der Waals surface area (Å²) in [6.07, 6.45) is 6.60. The molecule has 3 heteroatoms. The van der Waals surface area contributed by atoms with Crippen LogP contribution in [0.25, 0.3) is 6.08 Å². The van der Waals surface area contributed by atoms with Crippen LogP contribution >= 0.6 is 0 Å². The van der Waals surface area contributed by atoms with E-state index < -0.39 is 0 Å². The van der Waals surface area contributed by atoms with Crippen molar-refractivity contribution < 1.29 is 4.42 Å². The Labute approximate surface area is 120 Å². The molecule has 0 fully saturated rings. The van der Waals surface area contributed by atoms with E-state index in [1.54, 1.807) is 6.26 Å². The van der Waals surface area contributed by atoms with Crippen molar-refractivity contribution in [3.8, 4) is 0 Å². The number of likely N-dealkylation sites (N-methyl/N-ethyl adjacent to an activating group) is 1. The number of hydrogen-bond donors (Lipinski definition) is 0. The summed E-state index contributed by atoms with van der Waals surface area (Å²) in [7, 11) is 2.15. The van der Waals surface area contributed by atoms with Crippen LogP contribution in [-0.2, 0) is 6.42 Å². The molecule has 2 aromatic rings. The number of aromatic nitrogens is 1. The van der Waals surface area contributed by atoms with Crippen LogP contribution in [-0.4, -0.2) is 29.5 Å². The molecule has 3 nitrogen and oxygen atoms in total. The van der Waals surface area contributed by atoms with E-state index in [4.69, 9.17) is 4.42 Å². The molecule has 0 aromatic carbocycles. The van der Waals surface area contributed by atoms with Crippen molar-refractivity contribution in [2.75, 3.05) is 13.6 Å². The standard InChI is InChI=1S/C17H22N2O/c1-14(11-17-8-6-10-20-17)13-19(3)15(2)12-16-7-4-5-9-18-16/h4-11,15H,12-13H2,1-3H3/b14-11+. The van der Waals surface area contributed by atoms with Crippen molar-refractivity contribution in [2.45, 2.75) is 26.3 Å². The molecule has 1 atom stereocenters. The van der Waals surface area contributed by atoms with Crippen molar-refractivity contribution in [3.63, 3.8) is 0 Å². The molecule has 20 heavy (non-hydrogen) atoms. The van der Waals surface area contributed by atoms with Gasteiger partial charge >= 0.3 is 0 Å². The molecular weight excluding hydrogens is 248 g/mol. The van der Waals surface area contributed by atoms with E-state index in [0.717, 1.165) is 24.4 Å². The minimum absolute atomic E-state index is 0.449. The van der Waals surface area contributed by atoms with E-state index in [0.29, 0.717) is 6.04 Å². The molecular formula is C17H22N2O. The van der Waals surface area contributed by atoms with Crippen LogP contribution in [0.4, 0.5) is 0 Å². The number of pyridine rings is 1. The van der Waals surface area contributed by atoms with E-state index in [1.807, 2.05) is 30.5 Å². The maximum Gasteiger partial charge on any atom is 0.126 e. The predicted octanol–water partition coefficient (Wildman–Crippen LogP) is 3.64. The zero-order valence-corrected chi connectivity index (χ0v) is 12.4. The second kappa shape index (κ2) is 7.06. The van der Waals surface area contributed by atoms with Crippen LogP contribution in [0.2, 0.25) is 0 Å². The highest BCUT2D eigenvalue weighted by atomic mass is 16.3.